The Balaban J connectivity index is 1.76. The molecule has 116 valence electrons. The molecule has 2 aliphatic rings. The van der Waals surface area contributed by atoms with Gasteiger partial charge in [0.15, 0.2) is 0 Å². The molecule has 0 amide bonds. The predicted octanol–water partition coefficient (Wildman–Crippen LogP) is 4.55. The normalized spacial score (nSPS) is 26.7. The molecule has 2 fully saturated rings. The maximum Gasteiger partial charge on any atom is 0.100 e. The van der Waals surface area contributed by atoms with Gasteiger partial charge < -0.3 is 9.84 Å². The Morgan fingerprint density at radius 3 is 2.76 bits per heavy atom. The molecule has 0 aromatic carbocycles. The van der Waals surface area contributed by atoms with Gasteiger partial charge in [-0.15, -0.1) is 0 Å². The second-order valence-corrected chi connectivity index (χ2v) is 7.15. The number of hydrogen-bond donors (Lipinski definition) is 1. The van der Waals surface area contributed by atoms with Crippen molar-refractivity contribution < 1.29 is 9.84 Å². The van der Waals surface area contributed by atoms with E-state index in [1.165, 1.54) is 19.3 Å². The van der Waals surface area contributed by atoms with E-state index >= 15 is 0 Å². The van der Waals surface area contributed by atoms with Gasteiger partial charge in [0.2, 0.25) is 0 Å². The fraction of sp³-hybridized carbons (Fsp3) is 0.688. The summed E-state index contributed by atoms with van der Waals surface area (Å²) in [6.45, 7) is 0.715. The summed E-state index contributed by atoms with van der Waals surface area (Å²) >= 11 is 12.1. The van der Waals surface area contributed by atoms with Gasteiger partial charge in [0.25, 0.3) is 0 Å². The average molecular weight is 330 g/mol. The highest BCUT2D eigenvalue weighted by atomic mass is 35.5. The quantitative estimate of drug-likeness (QED) is 0.865. The Bertz CT molecular complexity index is 498. The van der Waals surface area contributed by atoms with Gasteiger partial charge in [0.1, 0.15) is 6.10 Å². The van der Waals surface area contributed by atoms with E-state index in [1.807, 2.05) is 0 Å². The van der Waals surface area contributed by atoms with Crippen molar-refractivity contribution in [3.63, 3.8) is 0 Å². The first kappa shape index (κ1) is 15.5. The molecule has 3 rings (SSSR count). The summed E-state index contributed by atoms with van der Waals surface area (Å²) in [6, 6.07) is 1.64. The molecule has 0 radical (unpaired) electrons. The van der Waals surface area contributed by atoms with Crippen LogP contribution in [-0.2, 0) is 4.74 Å². The summed E-state index contributed by atoms with van der Waals surface area (Å²) in [6.07, 6.45) is 8.61. The molecule has 2 heterocycles. The van der Waals surface area contributed by atoms with Gasteiger partial charge in [0.05, 0.1) is 21.3 Å². The van der Waals surface area contributed by atoms with Crippen molar-refractivity contribution in [3.8, 4) is 0 Å². The topological polar surface area (TPSA) is 42.4 Å². The maximum absolute atomic E-state index is 10.7. The molecule has 2 unspecified atom stereocenters. The summed E-state index contributed by atoms with van der Waals surface area (Å²) in [5, 5.41) is 11.6. The number of aliphatic hydroxyl groups is 1. The zero-order chi connectivity index (χ0) is 14.9. The molecule has 1 spiro atoms. The number of ether oxygens (including phenoxy) is 1. The summed E-state index contributed by atoms with van der Waals surface area (Å²) < 4.78 is 6.09. The van der Waals surface area contributed by atoms with Crippen molar-refractivity contribution in [1.82, 2.24) is 4.98 Å². The van der Waals surface area contributed by atoms with Crippen LogP contribution in [0.2, 0.25) is 10.0 Å². The summed E-state index contributed by atoms with van der Waals surface area (Å²) in [5.74, 6) is 0.156. The van der Waals surface area contributed by atoms with Crippen LogP contribution in [0.4, 0.5) is 0 Å². The molecule has 2 atom stereocenters. The van der Waals surface area contributed by atoms with Gasteiger partial charge in [-0.1, -0.05) is 42.5 Å². The third kappa shape index (κ3) is 3.37. The minimum atomic E-state index is -0.641. The third-order valence-corrected chi connectivity index (χ3v) is 5.37. The zero-order valence-electron chi connectivity index (χ0n) is 12.0. The molecule has 1 N–H and O–H groups in total. The van der Waals surface area contributed by atoms with Crippen molar-refractivity contribution in [1.29, 1.82) is 0 Å². The van der Waals surface area contributed by atoms with Gasteiger partial charge in [-0.2, -0.15) is 0 Å². The smallest absolute Gasteiger partial charge is 0.100 e. The monoisotopic (exact) mass is 329 g/mol. The zero-order valence-corrected chi connectivity index (χ0v) is 13.5. The fourth-order valence-electron chi connectivity index (χ4n) is 3.75. The number of nitrogens with zero attached hydrogens (tertiary/aromatic N) is 1. The number of pyridine rings is 1. The largest absolute Gasteiger partial charge is 0.386 e. The van der Waals surface area contributed by atoms with Gasteiger partial charge in [-0.3, -0.25) is 4.98 Å². The first-order valence-electron chi connectivity index (χ1n) is 7.73. The highest BCUT2D eigenvalue weighted by molar-refractivity contribution is 6.34. The highest BCUT2D eigenvalue weighted by Gasteiger charge is 2.41. The lowest BCUT2D eigenvalue weighted by atomic mass is 9.74. The molecule has 1 aromatic rings. The molecule has 21 heavy (non-hydrogen) atoms. The van der Waals surface area contributed by atoms with Crippen LogP contribution < -0.4 is 0 Å². The minimum Gasteiger partial charge on any atom is -0.386 e. The maximum atomic E-state index is 10.7. The number of halogens is 2. The Hall–Kier alpha value is -0.350. The van der Waals surface area contributed by atoms with E-state index in [4.69, 9.17) is 27.9 Å². The second kappa shape index (κ2) is 6.41. The minimum absolute atomic E-state index is 0.0267. The lowest BCUT2D eigenvalue weighted by Crippen LogP contribution is -2.43. The Kier molecular flexibility index (Phi) is 4.75. The molecule has 3 nitrogen and oxygen atoms in total. The molecule has 1 aliphatic heterocycles. The van der Waals surface area contributed by atoms with Gasteiger partial charge in [-0.25, -0.2) is 0 Å². The molecule has 1 aromatic heterocycles. The van der Waals surface area contributed by atoms with Crippen LogP contribution in [0.5, 0.6) is 0 Å². The molecule has 1 aliphatic carbocycles. The van der Waals surface area contributed by atoms with E-state index in [9.17, 15) is 5.11 Å². The Morgan fingerprint density at radius 1 is 1.29 bits per heavy atom. The van der Waals surface area contributed by atoms with Crippen molar-refractivity contribution in [3.05, 3.63) is 28.0 Å². The molecule has 0 bridgehead atoms. The van der Waals surface area contributed by atoms with Crippen molar-refractivity contribution in [2.45, 2.75) is 56.7 Å². The number of aromatic nitrogens is 1. The van der Waals surface area contributed by atoms with E-state index in [0.717, 1.165) is 25.7 Å². The molecule has 5 heteroatoms. The first-order chi connectivity index (χ1) is 10.1. The lowest BCUT2D eigenvalue weighted by molar-refractivity contribution is -0.134. The number of aliphatic hydroxyl groups excluding tert-OH is 1. The van der Waals surface area contributed by atoms with Gasteiger partial charge in [-0.05, 0) is 37.7 Å². The van der Waals surface area contributed by atoms with Crippen molar-refractivity contribution in [2.75, 3.05) is 6.61 Å². The highest BCUT2D eigenvalue weighted by Crippen LogP contribution is 2.44. The first-order valence-corrected chi connectivity index (χ1v) is 8.48. The molecular weight excluding hydrogens is 309 g/mol. The molecule has 1 saturated heterocycles. The van der Waals surface area contributed by atoms with Gasteiger partial charge >= 0.3 is 0 Å². The van der Waals surface area contributed by atoms with Crippen molar-refractivity contribution >= 4 is 23.2 Å². The standard InChI is InChI=1S/C16H21Cl2NO2/c17-12-8-13(18)14(19-10-12)15(20)11-4-7-21-16(9-11)5-2-1-3-6-16/h8,10-11,15,20H,1-7,9H2. The van der Waals surface area contributed by atoms with E-state index in [-0.39, 0.29) is 11.5 Å². The summed E-state index contributed by atoms with van der Waals surface area (Å²) in [5.41, 5.74) is 0.514. The predicted molar refractivity (Wildman–Crippen MR) is 83.7 cm³/mol. The van der Waals surface area contributed by atoms with E-state index in [1.54, 1.807) is 12.3 Å². The van der Waals surface area contributed by atoms with E-state index < -0.39 is 6.10 Å². The van der Waals surface area contributed by atoms with Gasteiger partial charge in [0, 0.05) is 12.8 Å². The third-order valence-electron chi connectivity index (χ3n) is 4.86. The van der Waals surface area contributed by atoms with Crippen LogP contribution in [0.1, 0.15) is 56.7 Å². The molecule has 1 saturated carbocycles. The lowest BCUT2D eigenvalue weighted by Gasteiger charge is -2.44. The Morgan fingerprint density at radius 2 is 2.05 bits per heavy atom. The summed E-state index contributed by atoms with van der Waals surface area (Å²) in [7, 11) is 0. The second-order valence-electron chi connectivity index (χ2n) is 6.31. The summed E-state index contributed by atoms with van der Waals surface area (Å²) in [4.78, 5) is 4.23. The van der Waals surface area contributed by atoms with Crippen LogP contribution in [0.3, 0.4) is 0 Å². The van der Waals surface area contributed by atoms with E-state index in [2.05, 4.69) is 4.98 Å². The van der Waals surface area contributed by atoms with Crippen LogP contribution in [0.15, 0.2) is 12.3 Å². The van der Waals surface area contributed by atoms with E-state index in [0.29, 0.717) is 22.3 Å². The van der Waals surface area contributed by atoms with Crippen LogP contribution in [0.25, 0.3) is 0 Å². The molecular formula is C16H21Cl2NO2. The van der Waals surface area contributed by atoms with Crippen LogP contribution in [0, 0.1) is 5.92 Å². The SMILES string of the molecule is OC(c1ncc(Cl)cc1Cl)C1CCOC2(CCCCC2)C1. The van der Waals surface area contributed by atoms with Crippen LogP contribution in [-0.4, -0.2) is 22.3 Å². The number of hydrogen-bond acceptors (Lipinski definition) is 3. The van der Waals surface area contributed by atoms with Crippen LogP contribution >= 0.6 is 23.2 Å². The average Bonchev–Trinajstić information content (AvgIpc) is 2.47. The fourth-order valence-corrected chi connectivity index (χ4v) is 4.24. The Labute approximate surface area is 135 Å². The number of rotatable bonds is 2. The van der Waals surface area contributed by atoms with Crippen molar-refractivity contribution in [2.24, 2.45) is 5.92 Å².